The van der Waals surface area contributed by atoms with Crippen molar-refractivity contribution < 1.29 is 21.6 Å². The van der Waals surface area contributed by atoms with Crippen LogP contribution in [0.3, 0.4) is 0 Å². The zero-order valence-electron chi connectivity index (χ0n) is 17.7. The summed E-state index contributed by atoms with van der Waals surface area (Å²) in [6, 6.07) is 0. The molecule has 0 saturated heterocycles. The molecule has 0 aromatic carbocycles. The molecule has 0 amide bonds. The predicted molar refractivity (Wildman–Crippen MR) is 111 cm³/mol. The van der Waals surface area contributed by atoms with Gasteiger partial charge >= 0.3 is 16.4 Å². The highest BCUT2D eigenvalue weighted by Crippen LogP contribution is 2.13. The molecule has 162 valence electrons. The second-order valence-electron chi connectivity index (χ2n) is 7.34. The van der Waals surface area contributed by atoms with Gasteiger partial charge in [0.15, 0.2) is 0 Å². The largest absolute Gasteiger partial charge is 0.451 e. The predicted octanol–water partition coefficient (Wildman–Crippen LogP) is 6.46. The van der Waals surface area contributed by atoms with Crippen molar-refractivity contribution in [2.75, 3.05) is 6.61 Å². The Labute approximate surface area is 167 Å². The Morgan fingerprint density at radius 2 is 1.00 bits per heavy atom. The maximum absolute atomic E-state index is 11.3. The first-order valence-corrected chi connectivity index (χ1v) is 12.5. The summed E-state index contributed by atoms with van der Waals surface area (Å²) >= 11 is 0. The van der Waals surface area contributed by atoms with Gasteiger partial charge < -0.3 is 4.18 Å². The number of unbranched alkanes of at least 4 members (excludes halogenated alkanes) is 15. The second kappa shape index (κ2) is 18.7. The first-order chi connectivity index (χ1) is 13.0. The van der Waals surface area contributed by atoms with Gasteiger partial charge in [0.2, 0.25) is 0 Å². The molecule has 0 aromatic heterocycles. The number of carbonyl (C=O) groups excluding carboxylic acids is 1. The molecule has 0 atom stereocenters. The lowest BCUT2D eigenvalue weighted by atomic mass is 10.0. The summed E-state index contributed by atoms with van der Waals surface area (Å²) in [4.78, 5) is 10.9. The minimum atomic E-state index is -4.16. The van der Waals surface area contributed by atoms with Crippen LogP contribution < -0.4 is 0 Å². The fourth-order valence-electron chi connectivity index (χ4n) is 3.01. The lowest BCUT2D eigenvalue weighted by Gasteiger charge is -2.05. The van der Waals surface area contributed by atoms with Crippen molar-refractivity contribution in [1.29, 1.82) is 0 Å². The first-order valence-electron chi connectivity index (χ1n) is 11.1. The monoisotopic (exact) mass is 406 g/mol. The molecule has 0 rings (SSSR count). The van der Waals surface area contributed by atoms with Gasteiger partial charge in [0, 0.05) is 6.42 Å². The summed E-state index contributed by atoms with van der Waals surface area (Å²) in [6.07, 6.45) is 20.3. The van der Waals surface area contributed by atoms with E-state index in [1.807, 2.05) is 0 Å². The third-order valence-corrected chi connectivity index (χ3v) is 5.55. The molecule has 0 heterocycles. The SMILES string of the molecule is CCCCCCCCCCCCCCCCCCOS(=O)(=O)OC(=O)CC. The Morgan fingerprint density at radius 1 is 0.630 bits per heavy atom. The van der Waals surface area contributed by atoms with Crippen LogP contribution in [-0.4, -0.2) is 21.0 Å². The van der Waals surface area contributed by atoms with Crippen molar-refractivity contribution in [3.05, 3.63) is 0 Å². The summed E-state index contributed by atoms with van der Waals surface area (Å²) in [7, 11) is -4.16. The Bertz CT molecular complexity index is 434. The molecule has 0 N–H and O–H groups in total. The average Bonchev–Trinajstić information content (AvgIpc) is 2.63. The van der Waals surface area contributed by atoms with E-state index >= 15 is 0 Å². The van der Waals surface area contributed by atoms with Crippen LogP contribution in [0.5, 0.6) is 0 Å². The quantitative estimate of drug-likeness (QED) is 0.217. The zero-order valence-corrected chi connectivity index (χ0v) is 18.5. The van der Waals surface area contributed by atoms with E-state index < -0.39 is 16.4 Å². The fraction of sp³-hybridized carbons (Fsp3) is 0.952. The van der Waals surface area contributed by atoms with E-state index in [1.165, 1.54) is 90.4 Å². The van der Waals surface area contributed by atoms with Crippen LogP contribution >= 0.6 is 0 Å². The van der Waals surface area contributed by atoms with Crippen molar-refractivity contribution in [2.45, 2.75) is 123 Å². The zero-order chi connectivity index (χ0) is 20.2. The van der Waals surface area contributed by atoms with Gasteiger partial charge in [0.25, 0.3) is 0 Å². The van der Waals surface area contributed by atoms with Gasteiger partial charge in [-0.05, 0) is 6.42 Å². The van der Waals surface area contributed by atoms with Crippen molar-refractivity contribution in [1.82, 2.24) is 0 Å². The van der Waals surface area contributed by atoms with E-state index in [9.17, 15) is 13.2 Å². The highest BCUT2D eigenvalue weighted by molar-refractivity contribution is 7.82. The highest BCUT2D eigenvalue weighted by atomic mass is 32.3. The third-order valence-electron chi connectivity index (χ3n) is 4.71. The van der Waals surface area contributed by atoms with Crippen LogP contribution in [0.4, 0.5) is 0 Å². The molecule has 0 aliphatic rings. The lowest BCUT2D eigenvalue weighted by molar-refractivity contribution is -0.134. The Hall–Kier alpha value is -0.620. The van der Waals surface area contributed by atoms with Gasteiger partial charge in [0.1, 0.15) is 0 Å². The normalized spacial score (nSPS) is 11.6. The van der Waals surface area contributed by atoms with E-state index in [0.29, 0.717) is 6.42 Å². The molecule has 0 aromatic rings. The summed E-state index contributed by atoms with van der Waals surface area (Å²) in [5.41, 5.74) is 0. The topological polar surface area (TPSA) is 69.7 Å². The fourth-order valence-corrected chi connectivity index (χ4v) is 3.72. The molecule has 0 fully saturated rings. The standard InChI is InChI=1S/C21H42O5S/c1-3-5-6-7-8-9-10-11-12-13-14-15-16-17-18-19-20-25-27(23,24)26-21(22)4-2/h3-20H2,1-2H3. The van der Waals surface area contributed by atoms with E-state index in [0.717, 1.165) is 12.8 Å². The molecular formula is C21H42O5S. The Morgan fingerprint density at radius 3 is 1.37 bits per heavy atom. The Balaban J connectivity index is 3.24. The number of hydrogen-bond donors (Lipinski definition) is 0. The van der Waals surface area contributed by atoms with E-state index in [2.05, 4.69) is 15.3 Å². The van der Waals surface area contributed by atoms with Crippen LogP contribution in [-0.2, 0) is 23.6 Å². The maximum atomic E-state index is 11.3. The minimum absolute atomic E-state index is 0.0155. The molecule has 0 aliphatic carbocycles. The van der Waals surface area contributed by atoms with Crippen molar-refractivity contribution in [3.63, 3.8) is 0 Å². The molecular weight excluding hydrogens is 364 g/mol. The number of hydrogen-bond acceptors (Lipinski definition) is 5. The van der Waals surface area contributed by atoms with E-state index in [4.69, 9.17) is 0 Å². The van der Waals surface area contributed by atoms with Crippen LogP contribution in [0.1, 0.15) is 123 Å². The smallest absolute Gasteiger partial charge is 0.325 e. The van der Waals surface area contributed by atoms with Crippen LogP contribution in [0.15, 0.2) is 0 Å². The van der Waals surface area contributed by atoms with Crippen molar-refractivity contribution in [2.24, 2.45) is 0 Å². The molecule has 27 heavy (non-hydrogen) atoms. The summed E-state index contributed by atoms with van der Waals surface area (Å²) in [5, 5.41) is 0. The highest BCUT2D eigenvalue weighted by Gasteiger charge is 2.16. The molecule has 6 heteroatoms. The average molecular weight is 407 g/mol. The van der Waals surface area contributed by atoms with Crippen molar-refractivity contribution in [3.8, 4) is 0 Å². The van der Waals surface area contributed by atoms with Gasteiger partial charge in [-0.15, -0.1) is 0 Å². The Kier molecular flexibility index (Phi) is 18.3. The number of carbonyl (C=O) groups is 1. The van der Waals surface area contributed by atoms with Crippen LogP contribution in [0, 0.1) is 0 Å². The molecule has 0 spiro atoms. The third kappa shape index (κ3) is 19.9. The summed E-state index contributed by atoms with van der Waals surface area (Å²) in [6.45, 7) is 3.88. The second-order valence-corrected chi connectivity index (χ2v) is 8.56. The van der Waals surface area contributed by atoms with Gasteiger partial charge in [-0.1, -0.05) is 110 Å². The van der Waals surface area contributed by atoms with E-state index in [1.54, 1.807) is 0 Å². The number of rotatable bonds is 20. The summed E-state index contributed by atoms with van der Waals surface area (Å²) in [5.74, 6) is -0.790. The van der Waals surface area contributed by atoms with Gasteiger partial charge in [-0.25, -0.2) is 4.18 Å². The molecule has 0 unspecified atom stereocenters. The van der Waals surface area contributed by atoms with Crippen LogP contribution in [0.2, 0.25) is 0 Å². The maximum Gasteiger partial charge on any atom is 0.451 e. The van der Waals surface area contributed by atoms with E-state index in [-0.39, 0.29) is 13.0 Å². The minimum Gasteiger partial charge on any atom is -0.325 e. The molecule has 0 radical (unpaired) electrons. The van der Waals surface area contributed by atoms with Crippen molar-refractivity contribution >= 4 is 16.4 Å². The molecule has 0 saturated carbocycles. The first kappa shape index (κ1) is 26.4. The van der Waals surface area contributed by atoms with Gasteiger partial charge in [-0.2, -0.15) is 8.42 Å². The molecule has 5 nitrogen and oxygen atoms in total. The molecule has 0 aliphatic heterocycles. The molecule has 0 bridgehead atoms. The summed E-state index contributed by atoms with van der Waals surface area (Å²) < 4.78 is 31.5. The lowest BCUT2D eigenvalue weighted by Crippen LogP contribution is -2.15. The van der Waals surface area contributed by atoms with Gasteiger partial charge in [0.05, 0.1) is 6.61 Å². The van der Waals surface area contributed by atoms with Gasteiger partial charge in [-0.3, -0.25) is 4.79 Å². The van der Waals surface area contributed by atoms with Crippen LogP contribution in [0.25, 0.3) is 0 Å².